The number of alkyl halides is 1. The first kappa shape index (κ1) is 15.7. The Hall–Kier alpha value is -1.40. The van der Waals surface area contributed by atoms with E-state index in [0.717, 1.165) is 24.3 Å². The summed E-state index contributed by atoms with van der Waals surface area (Å²) in [6.45, 7) is 4.29. The lowest BCUT2D eigenvalue weighted by Gasteiger charge is -2.06. The molecular formula is C12H19ClFN5. The molecule has 0 bridgehead atoms. The van der Waals surface area contributed by atoms with Crippen LogP contribution in [0.25, 0.3) is 0 Å². The predicted octanol–water partition coefficient (Wildman–Crippen LogP) is 1.78. The maximum absolute atomic E-state index is 12.3. The fourth-order valence-electron chi connectivity index (χ4n) is 1.80. The van der Waals surface area contributed by atoms with E-state index in [1.807, 2.05) is 23.1 Å². The largest absolute Gasteiger partial charge is 0.307 e. The van der Waals surface area contributed by atoms with Crippen molar-refractivity contribution in [1.82, 2.24) is 24.9 Å². The van der Waals surface area contributed by atoms with Gasteiger partial charge in [-0.2, -0.15) is 10.2 Å². The van der Waals surface area contributed by atoms with Gasteiger partial charge in [-0.15, -0.1) is 12.4 Å². The second-order valence-electron chi connectivity index (χ2n) is 4.04. The summed E-state index contributed by atoms with van der Waals surface area (Å²) < 4.78 is 15.8. The van der Waals surface area contributed by atoms with Gasteiger partial charge in [0.25, 0.3) is 0 Å². The number of nitrogens with zero attached hydrogens (tertiary/aromatic N) is 4. The van der Waals surface area contributed by atoms with Crippen molar-refractivity contribution in [3.8, 4) is 0 Å². The molecule has 0 atom stereocenters. The van der Waals surface area contributed by atoms with Gasteiger partial charge in [0.15, 0.2) is 0 Å². The van der Waals surface area contributed by atoms with Gasteiger partial charge in [-0.05, 0) is 13.0 Å². The number of aromatic nitrogens is 4. The first-order valence-electron chi connectivity index (χ1n) is 6.12. The lowest BCUT2D eigenvalue weighted by molar-refractivity contribution is 0.417. The van der Waals surface area contributed by atoms with E-state index in [0.29, 0.717) is 13.1 Å². The third-order valence-corrected chi connectivity index (χ3v) is 2.75. The van der Waals surface area contributed by atoms with Gasteiger partial charge < -0.3 is 5.32 Å². The van der Waals surface area contributed by atoms with Crippen molar-refractivity contribution >= 4 is 12.4 Å². The topological polar surface area (TPSA) is 47.7 Å². The summed E-state index contributed by atoms with van der Waals surface area (Å²) in [5.41, 5.74) is 2.14. The Morgan fingerprint density at radius 1 is 1.32 bits per heavy atom. The van der Waals surface area contributed by atoms with Gasteiger partial charge in [0, 0.05) is 37.6 Å². The number of aryl methyl sites for hydroxylation is 2. The van der Waals surface area contributed by atoms with Crippen LogP contribution in [0.3, 0.4) is 0 Å². The molecule has 2 aromatic heterocycles. The maximum atomic E-state index is 12.3. The standard InChI is InChI=1S/C12H18FN5.ClH/c1-2-17-10-11(8-16-17)7-14-9-12-3-5-15-18(12)6-4-13;/h3,5,8,10,14H,2,4,6-7,9H2,1H3;1H. The van der Waals surface area contributed by atoms with Crippen LogP contribution in [0.1, 0.15) is 18.2 Å². The lowest BCUT2D eigenvalue weighted by atomic mass is 10.3. The van der Waals surface area contributed by atoms with E-state index in [1.54, 1.807) is 10.9 Å². The molecule has 0 aromatic carbocycles. The van der Waals surface area contributed by atoms with Gasteiger partial charge in [-0.3, -0.25) is 9.36 Å². The van der Waals surface area contributed by atoms with Crippen LogP contribution < -0.4 is 5.32 Å². The summed E-state index contributed by atoms with van der Waals surface area (Å²) in [5.74, 6) is 0. The van der Waals surface area contributed by atoms with E-state index in [4.69, 9.17) is 0 Å². The van der Waals surface area contributed by atoms with Crippen molar-refractivity contribution in [1.29, 1.82) is 0 Å². The summed E-state index contributed by atoms with van der Waals surface area (Å²) in [4.78, 5) is 0. The second kappa shape index (κ2) is 7.91. The molecule has 0 aliphatic carbocycles. The Labute approximate surface area is 118 Å². The molecule has 0 fully saturated rings. The Morgan fingerprint density at radius 2 is 2.16 bits per heavy atom. The van der Waals surface area contributed by atoms with Crippen molar-refractivity contribution < 1.29 is 4.39 Å². The normalized spacial score (nSPS) is 10.4. The summed E-state index contributed by atoms with van der Waals surface area (Å²) in [7, 11) is 0. The summed E-state index contributed by atoms with van der Waals surface area (Å²) in [5, 5.41) is 11.6. The molecule has 0 spiro atoms. The number of halogens is 2. The molecule has 0 saturated carbocycles. The van der Waals surface area contributed by atoms with Gasteiger partial charge in [-0.1, -0.05) is 0 Å². The molecule has 2 heterocycles. The minimum Gasteiger partial charge on any atom is -0.307 e. The van der Waals surface area contributed by atoms with Crippen LogP contribution in [0.5, 0.6) is 0 Å². The van der Waals surface area contributed by atoms with Crippen LogP contribution in [0.2, 0.25) is 0 Å². The first-order valence-corrected chi connectivity index (χ1v) is 6.12. The van der Waals surface area contributed by atoms with E-state index in [1.165, 1.54) is 0 Å². The molecule has 0 radical (unpaired) electrons. The van der Waals surface area contributed by atoms with Crippen LogP contribution in [-0.4, -0.2) is 26.2 Å². The Balaban J connectivity index is 0.00000180. The number of hydrogen-bond donors (Lipinski definition) is 1. The van der Waals surface area contributed by atoms with Crippen LogP contribution in [-0.2, 0) is 26.2 Å². The smallest absolute Gasteiger partial charge is 0.109 e. The minimum absolute atomic E-state index is 0. The Morgan fingerprint density at radius 3 is 2.84 bits per heavy atom. The average molecular weight is 288 g/mol. The first-order chi connectivity index (χ1) is 8.83. The molecule has 0 saturated heterocycles. The van der Waals surface area contributed by atoms with Crippen molar-refractivity contribution in [3.63, 3.8) is 0 Å². The monoisotopic (exact) mass is 287 g/mol. The molecule has 0 aliphatic heterocycles. The SMILES string of the molecule is CCn1cc(CNCc2ccnn2CCF)cn1.Cl. The number of nitrogens with one attached hydrogen (secondary N) is 1. The molecule has 106 valence electrons. The molecular weight excluding hydrogens is 269 g/mol. The zero-order valence-corrected chi connectivity index (χ0v) is 11.7. The lowest BCUT2D eigenvalue weighted by Crippen LogP contribution is -2.16. The summed E-state index contributed by atoms with van der Waals surface area (Å²) in [6.07, 6.45) is 5.57. The molecule has 1 N–H and O–H groups in total. The highest BCUT2D eigenvalue weighted by atomic mass is 35.5. The van der Waals surface area contributed by atoms with E-state index < -0.39 is 6.67 Å². The highest BCUT2D eigenvalue weighted by molar-refractivity contribution is 5.85. The van der Waals surface area contributed by atoms with E-state index in [2.05, 4.69) is 22.4 Å². The summed E-state index contributed by atoms with van der Waals surface area (Å²) in [6, 6.07) is 1.90. The van der Waals surface area contributed by atoms with Crippen molar-refractivity contribution in [3.05, 3.63) is 35.9 Å². The molecule has 2 rings (SSSR count). The van der Waals surface area contributed by atoms with Gasteiger partial charge in [0.2, 0.25) is 0 Å². The maximum Gasteiger partial charge on any atom is 0.109 e. The highest BCUT2D eigenvalue weighted by Gasteiger charge is 2.02. The van der Waals surface area contributed by atoms with E-state index in [-0.39, 0.29) is 12.4 Å². The number of hydrogen-bond acceptors (Lipinski definition) is 3. The minimum atomic E-state index is -0.391. The van der Waals surface area contributed by atoms with E-state index >= 15 is 0 Å². The van der Waals surface area contributed by atoms with Gasteiger partial charge in [-0.25, -0.2) is 4.39 Å². The zero-order valence-electron chi connectivity index (χ0n) is 10.9. The summed E-state index contributed by atoms with van der Waals surface area (Å²) >= 11 is 0. The van der Waals surface area contributed by atoms with Crippen molar-refractivity contribution in [2.24, 2.45) is 0 Å². The molecule has 2 aromatic rings. The average Bonchev–Trinajstić information content (AvgIpc) is 3.00. The fourth-order valence-corrected chi connectivity index (χ4v) is 1.80. The second-order valence-corrected chi connectivity index (χ2v) is 4.04. The van der Waals surface area contributed by atoms with Gasteiger partial charge in [0.1, 0.15) is 6.67 Å². The highest BCUT2D eigenvalue weighted by Crippen LogP contribution is 2.01. The van der Waals surface area contributed by atoms with Crippen molar-refractivity contribution in [2.75, 3.05) is 6.67 Å². The quantitative estimate of drug-likeness (QED) is 0.844. The molecule has 19 heavy (non-hydrogen) atoms. The molecule has 0 unspecified atom stereocenters. The van der Waals surface area contributed by atoms with Gasteiger partial charge in [0.05, 0.1) is 18.4 Å². The predicted molar refractivity (Wildman–Crippen MR) is 73.9 cm³/mol. The van der Waals surface area contributed by atoms with Gasteiger partial charge >= 0.3 is 0 Å². The fraction of sp³-hybridized carbons (Fsp3) is 0.500. The van der Waals surface area contributed by atoms with Crippen LogP contribution in [0, 0.1) is 0 Å². The Kier molecular flexibility index (Phi) is 6.52. The molecule has 0 aliphatic rings. The van der Waals surface area contributed by atoms with Crippen molar-refractivity contribution in [2.45, 2.75) is 33.1 Å². The van der Waals surface area contributed by atoms with Crippen LogP contribution >= 0.6 is 12.4 Å². The molecule has 7 heteroatoms. The van der Waals surface area contributed by atoms with Crippen LogP contribution in [0.4, 0.5) is 4.39 Å². The molecule has 5 nitrogen and oxygen atoms in total. The zero-order chi connectivity index (χ0) is 12.8. The molecule has 0 amide bonds. The van der Waals surface area contributed by atoms with Crippen LogP contribution in [0.15, 0.2) is 24.7 Å². The third kappa shape index (κ3) is 4.33. The third-order valence-electron chi connectivity index (χ3n) is 2.75. The Bertz CT molecular complexity index is 482. The number of rotatable bonds is 7. The van der Waals surface area contributed by atoms with E-state index in [9.17, 15) is 4.39 Å².